The van der Waals surface area contributed by atoms with E-state index in [1.54, 1.807) is 24.4 Å². The van der Waals surface area contributed by atoms with Crippen LogP contribution in [0.1, 0.15) is 28.4 Å². The Kier molecular flexibility index (Phi) is 5.84. The lowest BCUT2D eigenvalue weighted by molar-refractivity contribution is 0.0949. The number of halogens is 1. The summed E-state index contributed by atoms with van der Waals surface area (Å²) in [5.41, 5.74) is 1.63. The summed E-state index contributed by atoms with van der Waals surface area (Å²) in [4.78, 5) is 29.3. The summed E-state index contributed by atoms with van der Waals surface area (Å²) < 4.78 is 12.1. The Labute approximate surface area is 166 Å². The van der Waals surface area contributed by atoms with Crippen LogP contribution in [0, 0.1) is 6.92 Å². The highest BCUT2D eigenvalue weighted by Crippen LogP contribution is 2.36. The van der Waals surface area contributed by atoms with Crippen LogP contribution >= 0.6 is 11.6 Å². The fourth-order valence-electron chi connectivity index (χ4n) is 2.78. The number of nitrogens with zero attached hydrogens (tertiary/aromatic N) is 2. The monoisotopic (exact) mass is 401 g/mol. The highest BCUT2D eigenvalue weighted by molar-refractivity contribution is 6.32. The number of hydrogen-bond acceptors (Lipinski definition) is 5. The molecule has 8 heteroatoms. The van der Waals surface area contributed by atoms with Crippen LogP contribution in [0.15, 0.2) is 41.5 Å². The summed E-state index contributed by atoms with van der Waals surface area (Å²) in [5.74, 6) is 0.410. The SMILES string of the molecule is CCOc1c(Cl)cc(CNC(=O)c2cnc3ccc(C)cn3c2=O)cc1OC. The number of pyridine rings is 1. The molecule has 1 N–H and O–H groups in total. The topological polar surface area (TPSA) is 81.9 Å². The normalized spacial score (nSPS) is 10.7. The van der Waals surface area contributed by atoms with E-state index in [-0.39, 0.29) is 12.1 Å². The molecule has 2 aromatic heterocycles. The lowest BCUT2D eigenvalue weighted by Crippen LogP contribution is -2.31. The number of nitrogens with one attached hydrogen (secondary N) is 1. The Bertz CT molecular complexity index is 1090. The molecule has 3 aromatic rings. The van der Waals surface area contributed by atoms with E-state index in [2.05, 4.69) is 10.3 Å². The number of carbonyl (C=O) groups is 1. The van der Waals surface area contributed by atoms with E-state index in [0.717, 1.165) is 5.56 Å². The van der Waals surface area contributed by atoms with Crippen molar-refractivity contribution in [3.05, 3.63) is 68.7 Å². The van der Waals surface area contributed by atoms with Crippen LogP contribution in [-0.4, -0.2) is 29.0 Å². The smallest absolute Gasteiger partial charge is 0.270 e. The average molecular weight is 402 g/mol. The third-order valence-corrected chi connectivity index (χ3v) is 4.41. The van der Waals surface area contributed by atoms with E-state index < -0.39 is 11.5 Å². The zero-order valence-corrected chi connectivity index (χ0v) is 16.5. The van der Waals surface area contributed by atoms with Crippen molar-refractivity contribution in [2.24, 2.45) is 0 Å². The molecular weight excluding hydrogens is 382 g/mol. The second kappa shape index (κ2) is 8.31. The largest absolute Gasteiger partial charge is 0.493 e. The molecule has 7 nitrogen and oxygen atoms in total. The van der Waals surface area contributed by atoms with Gasteiger partial charge in [0.05, 0.1) is 18.7 Å². The maximum absolute atomic E-state index is 12.6. The molecule has 0 aliphatic heterocycles. The number of ether oxygens (including phenoxy) is 2. The Morgan fingerprint density at radius 2 is 2.11 bits per heavy atom. The summed E-state index contributed by atoms with van der Waals surface area (Å²) in [5, 5.41) is 3.10. The predicted molar refractivity (Wildman–Crippen MR) is 107 cm³/mol. The van der Waals surface area contributed by atoms with Gasteiger partial charge in [0.15, 0.2) is 11.5 Å². The number of rotatable bonds is 6. The number of benzene rings is 1. The summed E-state index contributed by atoms with van der Waals surface area (Å²) in [6.45, 7) is 4.32. The second-order valence-corrected chi connectivity index (χ2v) is 6.54. The summed E-state index contributed by atoms with van der Waals surface area (Å²) in [6.07, 6.45) is 2.94. The number of aromatic nitrogens is 2. The molecule has 2 heterocycles. The zero-order chi connectivity index (χ0) is 20.3. The fraction of sp³-hybridized carbons (Fsp3) is 0.250. The van der Waals surface area contributed by atoms with Crippen molar-refractivity contribution in [2.75, 3.05) is 13.7 Å². The van der Waals surface area contributed by atoms with Crippen molar-refractivity contribution in [1.82, 2.24) is 14.7 Å². The molecule has 0 radical (unpaired) electrons. The third kappa shape index (κ3) is 3.94. The number of fused-ring (bicyclic) bond motifs is 1. The van der Waals surface area contributed by atoms with Crippen LogP contribution in [0.5, 0.6) is 11.5 Å². The quantitative estimate of drug-likeness (QED) is 0.686. The number of hydrogen-bond donors (Lipinski definition) is 1. The molecule has 0 atom stereocenters. The molecule has 146 valence electrons. The highest BCUT2D eigenvalue weighted by Gasteiger charge is 2.15. The molecule has 0 spiro atoms. The average Bonchev–Trinajstić information content (AvgIpc) is 2.68. The van der Waals surface area contributed by atoms with E-state index >= 15 is 0 Å². The minimum Gasteiger partial charge on any atom is -0.493 e. The van der Waals surface area contributed by atoms with E-state index in [1.807, 2.05) is 19.9 Å². The number of aryl methyl sites for hydroxylation is 1. The second-order valence-electron chi connectivity index (χ2n) is 6.14. The van der Waals surface area contributed by atoms with Gasteiger partial charge in [-0.25, -0.2) is 4.98 Å². The van der Waals surface area contributed by atoms with Gasteiger partial charge < -0.3 is 14.8 Å². The van der Waals surface area contributed by atoms with Crippen LogP contribution < -0.4 is 20.3 Å². The number of methoxy groups -OCH3 is 1. The van der Waals surface area contributed by atoms with Gasteiger partial charge >= 0.3 is 0 Å². The Hall–Kier alpha value is -3.06. The molecule has 1 amide bonds. The van der Waals surface area contributed by atoms with Crippen LogP contribution in [0.3, 0.4) is 0 Å². The van der Waals surface area contributed by atoms with Gasteiger partial charge in [-0.2, -0.15) is 0 Å². The Morgan fingerprint density at radius 3 is 2.82 bits per heavy atom. The van der Waals surface area contributed by atoms with Crippen LogP contribution in [-0.2, 0) is 6.54 Å². The Morgan fingerprint density at radius 1 is 1.32 bits per heavy atom. The van der Waals surface area contributed by atoms with Crippen molar-refractivity contribution in [2.45, 2.75) is 20.4 Å². The lowest BCUT2D eigenvalue weighted by atomic mass is 10.2. The van der Waals surface area contributed by atoms with Gasteiger partial charge in [-0.15, -0.1) is 0 Å². The van der Waals surface area contributed by atoms with Crippen molar-refractivity contribution in [3.63, 3.8) is 0 Å². The van der Waals surface area contributed by atoms with Gasteiger partial charge in [-0.05, 0) is 43.2 Å². The van der Waals surface area contributed by atoms with Crippen LogP contribution in [0.25, 0.3) is 5.65 Å². The van der Waals surface area contributed by atoms with Crippen molar-refractivity contribution >= 4 is 23.2 Å². The van der Waals surface area contributed by atoms with Gasteiger partial charge in [0.1, 0.15) is 11.2 Å². The van der Waals surface area contributed by atoms with Gasteiger partial charge in [0, 0.05) is 18.9 Å². The number of amides is 1. The van der Waals surface area contributed by atoms with Crippen molar-refractivity contribution < 1.29 is 14.3 Å². The molecule has 0 aliphatic carbocycles. The number of carbonyl (C=O) groups excluding carboxylic acids is 1. The van der Waals surface area contributed by atoms with E-state index in [1.165, 1.54) is 17.7 Å². The molecule has 28 heavy (non-hydrogen) atoms. The maximum atomic E-state index is 12.6. The van der Waals surface area contributed by atoms with E-state index in [9.17, 15) is 9.59 Å². The predicted octanol–water partition coefficient (Wildman–Crippen LogP) is 2.99. The highest BCUT2D eigenvalue weighted by atomic mass is 35.5. The third-order valence-electron chi connectivity index (χ3n) is 4.13. The first-order chi connectivity index (χ1) is 13.4. The van der Waals surface area contributed by atoms with Gasteiger partial charge in [0.2, 0.25) is 0 Å². The fourth-order valence-corrected chi connectivity index (χ4v) is 3.06. The minimum absolute atomic E-state index is 0.0351. The molecule has 0 saturated carbocycles. The standard InChI is InChI=1S/C20H20ClN3O4/c1-4-28-18-15(21)7-13(8-16(18)27-3)9-23-19(25)14-10-22-17-6-5-12(2)11-24(17)20(14)26/h5-8,10-11H,4,9H2,1-3H3,(H,23,25). The summed E-state index contributed by atoms with van der Waals surface area (Å²) in [7, 11) is 1.51. The summed E-state index contributed by atoms with van der Waals surface area (Å²) in [6, 6.07) is 6.99. The molecule has 0 bridgehead atoms. The molecule has 1 aromatic carbocycles. The van der Waals surface area contributed by atoms with E-state index in [0.29, 0.717) is 34.3 Å². The summed E-state index contributed by atoms with van der Waals surface area (Å²) >= 11 is 6.25. The molecule has 0 fully saturated rings. The maximum Gasteiger partial charge on any atom is 0.270 e. The molecule has 3 rings (SSSR count). The first-order valence-corrected chi connectivity index (χ1v) is 9.07. The molecule has 0 unspecified atom stereocenters. The molecule has 0 aliphatic rings. The van der Waals surface area contributed by atoms with Crippen LogP contribution in [0.2, 0.25) is 5.02 Å². The van der Waals surface area contributed by atoms with Crippen molar-refractivity contribution in [1.29, 1.82) is 0 Å². The first kappa shape index (κ1) is 19.7. The van der Waals surface area contributed by atoms with Crippen LogP contribution in [0.4, 0.5) is 0 Å². The Balaban J connectivity index is 1.83. The zero-order valence-electron chi connectivity index (χ0n) is 15.8. The lowest BCUT2D eigenvalue weighted by Gasteiger charge is -2.13. The molecule has 0 saturated heterocycles. The van der Waals surface area contributed by atoms with Crippen molar-refractivity contribution in [3.8, 4) is 11.5 Å². The van der Waals surface area contributed by atoms with E-state index in [4.69, 9.17) is 21.1 Å². The minimum atomic E-state index is -0.516. The van der Waals surface area contributed by atoms with Gasteiger partial charge in [-0.1, -0.05) is 17.7 Å². The van der Waals surface area contributed by atoms with Gasteiger partial charge in [0.25, 0.3) is 11.5 Å². The molecular formula is C20H20ClN3O4. The first-order valence-electron chi connectivity index (χ1n) is 8.70. The van der Waals surface area contributed by atoms with Gasteiger partial charge in [-0.3, -0.25) is 14.0 Å².